The first-order chi connectivity index (χ1) is 5.93. The highest BCUT2D eigenvalue weighted by Crippen LogP contribution is 2.24. The zero-order valence-electron chi connectivity index (χ0n) is 7.58. The molecule has 0 heterocycles. The fourth-order valence-electron chi connectivity index (χ4n) is 1.69. The van der Waals surface area contributed by atoms with Crippen molar-refractivity contribution in [3.8, 4) is 0 Å². The number of allylic oxidation sites excluding steroid dienone is 3. The Bertz CT molecular complexity index is 152. The summed E-state index contributed by atoms with van der Waals surface area (Å²) in [7, 11) is 0. The van der Waals surface area contributed by atoms with Gasteiger partial charge in [0.1, 0.15) is 0 Å². The minimum Gasteiger partial charge on any atom is -0.392 e. The zero-order valence-corrected chi connectivity index (χ0v) is 7.58. The van der Waals surface area contributed by atoms with E-state index < -0.39 is 0 Å². The van der Waals surface area contributed by atoms with Crippen LogP contribution in [0.25, 0.3) is 0 Å². The Morgan fingerprint density at radius 1 is 1.08 bits per heavy atom. The van der Waals surface area contributed by atoms with E-state index in [4.69, 9.17) is 5.11 Å². The maximum Gasteiger partial charge on any atom is 0.0615 e. The second kappa shape index (κ2) is 6.01. The lowest BCUT2D eigenvalue weighted by atomic mass is 9.89. The Kier molecular flexibility index (Phi) is 4.77. The molecule has 1 fully saturated rings. The smallest absolute Gasteiger partial charge is 0.0615 e. The molecule has 1 aliphatic carbocycles. The van der Waals surface area contributed by atoms with Gasteiger partial charge in [-0.2, -0.15) is 0 Å². The summed E-state index contributed by atoms with van der Waals surface area (Å²) in [6.07, 6.45) is 14.9. The van der Waals surface area contributed by atoms with Gasteiger partial charge in [0.05, 0.1) is 6.61 Å². The van der Waals surface area contributed by atoms with Crippen molar-refractivity contribution in [2.45, 2.75) is 32.1 Å². The lowest BCUT2D eigenvalue weighted by Crippen LogP contribution is -2.02. The van der Waals surface area contributed by atoms with E-state index in [1.54, 1.807) is 6.08 Å². The van der Waals surface area contributed by atoms with Crippen LogP contribution in [0.5, 0.6) is 0 Å². The van der Waals surface area contributed by atoms with E-state index in [-0.39, 0.29) is 6.61 Å². The molecule has 0 radical (unpaired) electrons. The van der Waals surface area contributed by atoms with Gasteiger partial charge in [0.2, 0.25) is 0 Å². The van der Waals surface area contributed by atoms with E-state index in [9.17, 15) is 0 Å². The van der Waals surface area contributed by atoms with E-state index in [1.165, 1.54) is 32.1 Å². The Labute approximate surface area is 74.8 Å². The summed E-state index contributed by atoms with van der Waals surface area (Å²) in [5.74, 6) is 0.794. The van der Waals surface area contributed by atoms with Gasteiger partial charge in [-0.15, -0.1) is 0 Å². The molecule has 1 saturated carbocycles. The highest BCUT2D eigenvalue weighted by Gasteiger charge is 2.08. The van der Waals surface area contributed by atoms with Crippen LogP contribution in [-0.4, -0.2) is 11.7 Å². The van der Waals surface area contributed by atoms with Gasteiger partial charge in [0, 0.05) is 0 Å². The Balaban J connectivity index is 2.19. The normalized spacial score (nSPS) is 21.1. The summed E-state index contributed by atoms with van der Waals surface area (Å²) in [6, 6.07) is 0. The van der Waals surface area contributed by atoms with Crippen molar-refractivity contribution in [2.24, 2.45) is 5.92 Å². The molecular weight excluding hydrogens is 148 g/mol. The minimum absolute atomic E-state index is 0.148. The summed E-state index contributed by atoms with van der Waals surface area (Å²) in [5.41, 5.74) is 0. The van der Waals surface area contributed by atoms with Crippen LogP contribution in [0.2, 0.25) is 0 Å². The van der Waals surface area contributed by atoms with Crippen LogP contribution in [0.15, 0.2) is 24.3 Å². The first-order valence-electron chi connectivity index (χ1n) is 4.87. The standard InChI is InChI=1S/C11H18O/c12-10-6-2-5-9-11-7-3-1-4-8-11/h2,5-6,9,11-12H,1,3-4,7-8,10H2/b6-2+,9-5+. The summed E-state index contributed by atoms with van der Waals surface area (Å²) in [6.45, 7) is 0.148. The van der Waals surface area contributed by atoms with E-state index >= 15 is 0 Å². The third kappa shape index (κ3) is 3.72. The summed E-state index contributed by atoms with van der Waals surface area (Å²) < 4.78 is 0. The van der Waals surface area contributed by atoms with Crippen LogP contribution >= 0.6 is 0 Å². The molecule has 0 bridgehead atoms. The molecule has 0 aromatic carbocycles. The maximum absolute atomic E-state index is 8.48. The van der Waals surface area contributed by atoms with E-state index in [1.807, 2.05) is 6.08 Å². The first-order valence-corrected chi connectivity index (χ1v) is 4.87. The average molecular weight is 166 g/mol. The summed E-state index contributed by atoms with van der Waals surface area (Å²) >= 11 is 0. The third-order valence-corrected chi connectivity index (χ3v) is 2.39. The van der Waals surface area contributed by atoms with Crippen molar-refractivity contribution in [3.05, 3.63) is 24.3 Å². The lowest BCUT2D eigenvalue weighted by molar-refractivity contribution is 0.342. The van der Waals surface area contributed by atoms with Gasteiger partial charge < -0.3 is 5.11 Å². The fourth-order valence-corrected chi connectivity index (χ4v) is 1.69. The highest BCUT2D eigenvalue weighted by atomic mass is 16.2. The van der Waals surface area contributed by atoms with Crippen LogP contribution < -0.4 is 0 Å². The number of aliphatic hydroxyl groups is 1. The molecule has 1 heteroatoms. The summed E-state index contributed by atoms with van der Waals surface area (Å²) in [5, 5.41) is 8.48. The van der Waals surface area contributed by atoms with Gasteiger partial charge in [-0.3, -0.25) is 0 Å². The minimum atomic E-state index is 0.148. The fraction of sp³-hybridized carbons (Fsp3) is 0.636. The molecule has 1 nitrogen and oxygen atoms in total. The second-order valence-corrected chi connectivity index (χ2v) is 3.39. The van der Waals surface area contributed by atoms with Crippen LogP contribution in [0.1, 0.15) is 32.1 Å². The van der Waals surface area contributed by atoms with Crippen molar-refractivity contribution in [1.82, 2.24) is 0 Å². The summed E-state index contributed by atoms with van der Waals surface area (Å²) in [4.78, 5) is 0. The molecule has 68 valence electrons. The van der Waals surface area contributed by atoms with Crippen molar-refractivity contribution in [2.75, 3.05) is 6.61 Å². The van der Waals surface area contributed by atoms with Crippen molar-refractivity contribution < 1.29 is 5.11 Å². The molecule has 0 spiro atoms. The molecule has 0 amide bonds. The van der Waals surface area contributed by atoms with Gasteiger partial charge in [0.25, 0.3) is 0 Å². The second-order valence-electron chi connectivity index (χ2n) is 3.39. The molecule has 0 aromatic rings. The lowest BCUT2D eigenvalue weighted by Gasteiger charge is -2.17. The van der Waals surface area contributed by atoms with E-state index in [0.29, 0.717) is 0 Å². The molecule has 0 saturated heterocycles. The molecule has 0 atom stereocenters. The zero-order chi connectivity index (χ0) is 8.65. The molecule has 0 aromatic heterocycles. The van der Waals surface area contributed by atoms with E-state index in [2.05, 4.69) is 12.2 Å². The topological polar surface area (TPSA) is 20.2 Å². The quantitative estimate of drug-likeness (QED) is 0.639. The monoisotopic (exact) mass is 166 g/mol. The van der Waals surface area contributed by atoms with Crippen molar-refractivity contribution in [3.63, 3.8) is 0 Å². The number of aliphatic hydroxyl groups excluding tert-OH is 1. The van der Waals surface area contributed by atoms with Crippen LogP contribution in [-0.2, 0) is 0 Å². The molecule has 12 heavy (non-hydrogen) atoms. The SMILES string of the molecule is OC/C=C/C=C/C1CCCCC1. The number of hydrogen-bond acceptors (Lipinski definition) is 1. The highest BCUT2D eigenvalue weighted by molar-refractivity contribution is 5.04. The van der Waals surface area contributed by atoms with Gasteiger partial charge >= 0.3 is 0 Å². The van der Waals surface area contributed by atoms with Crippen LogP contribution in [0, 0.1) is 5.92 Å². The number of hydrogen-bond donors (Lipinski definition) is 1. The van der Waals surface area contributed by atoms with E-state index in [0.717, 1.165) is 5.92 Å². The van der Waals surface area contributed by atoms with Gasteiger partial charge in [-0.1, -0.05) is 43.6 Å². The Morgan fingerprint density at radius 2 is 1.83 bits per heavy atom. The van der Waals surface area contributed by atoms with Crippen LogP contribution in [0.4, 0.5) is 0 Å². The third-order valence-electron chi connectivity index (χ3n) is 2.39. The van der Waals surface area contributed by atoms with Gasteiger partial charge in [-0.25, -0.2) is 0 Å². The first kappa shape index (κ1) is 9.53. The largest absolute Gasteiger partial charge is 0.392 e. The predicted octanol–water partition coefficient (Wildman–Crippen LogP) is 2.67. The van der Waals surface area contributed by atoms with Gasteiger partial charge in [-0.05, 0) is 18.8 Å². The number of rotatable bonds is 3. The predicted molar refractivity (Wildman–Crippen MR) is 51.9 cm³/mol. The Morgan fingerprint density at radius 3 is 2.50 bits per heavy atom. The molecule has 1 N–H and O–H groups in total. The van der Waals surface area contributed by atoms with Crippen molar-refractivity contribution >= 4 is 0 Å². The van der Waals surface area contributed by atoms with Crippen LogP contribution in [0.3, 0.4) is 0 Å². The average Bonchev–Trinajstić information content (AvgIpc) is 2.14. The van der Waals surface area contributed by atoms with Crippen molar-refractivity contribution in [1.29, 1.82) is 0 Å². The molecule has 0 aliphatic heterocycles. The molecular formula is C11H18O. The molecule has 1 rings (SSSR count). The molecule has 0 unspecified atom stereocenters. The maximum atomic E-state index is 8.48. The molecule has 1 aliphatic rings. The Hall–Kier alpha value is -0.560. The van der Waals surface area contributed by atoms with Gasteiger partial charge in [0.15, 0.2) is 0 Å².